The van der Waals surface area contributed by atoms with Crippen LogP contribution in [0.2, 0.25) is 10.0 Å². The van der Waals surface area contributed by atoms with Gasteiger partial charge >= 0.3 is 0 Å². The van der Waals surface area contributed by atoms with Crippen LogP contribution in [0.5, 0.6) is 17.2 Å². The van der Waals surface area contributed by atoms with Crippen molar-refractivity contribution in [2.24, 2.45) is 0 Å². The first kappa shape index (κ1) is 22.2. The topological polar surface area (TPSA) is 90.7 Å². The highest BCUT2D eigenvalue weighted by Gasteiger charge is 2.19. The van der Waals surface area contributed by atoms with Crippen LogP contribution in [0, 0.1) is 5.82 Å². The monoisotopic (exact) mass is 470 g/mol. The van der Waals surface area contributed by atoms with E-state index < -0.39 is 15.8 Å². The van der Waals surface area contributed by atoms with Crippen LogP contribution >= 0.6 is 23.2 Å². The summed E-state index contributed by atoms with van der Waals surface area (Å²) >= 11 is 12.0. The van der Waals surface area contributed by atoms with Gasteiger partial charge in [0, 0.05) is 28.9 Å². The number of nitrogen functional groups attached to an aromatic ring is 1. The number of anilines is 1. The van der Waals surface area contributed by atoms with Crippen molar-refractivity contribution in [2.45, 2.75) is 11.4 Å². The Morgan fingerprint density at radius 3 is 2.37 bits per heavy atom. The van der Waals surface area contributed by atoms with Gasteiger partial charge in [-0.25, -0.2) is 17.5 Å². The molecule has 0 radical (unpaired) electrons. The Kier molecular flexibility index (Phi) is 6.72. The molecule has 0 aliphatic heterocycles. The fraction of sp³-hybridized carbons (Fsp3) is 0.100. The van der Waals surface area contributed by atoms with Crippen LogP contribution in [0.4, 0.5) is 10.1 Å². The highest BCUT2D eigenvalue weighted by atomic mass is 35.5. The molecule has 0 aliphatic carbocycles. The fourth-order valence-electron chi connectivity index (χ4n) is 2.58. The first-order valence-corrected chi connectivity index (χ1v) is 10.8. The van der Waals surface area contributed by atoms with Crippen LogP contribution in [0.1, 0.15) is 5.56 Å². The van der Waals surface area contributed by atoms with Gasteiger partial charge in [-0.15, -0.1) is 0 Å². The number of hydrogen-bond donors (Lipinski definition) is 2. The Morgan fingerprint density at radius 2 is 1.73 bits per heavy atom. The minimum Gasteiger partial charge on any atom is -0.497 e. The minimum absolute atomic E-state index is 0.00723. The predicted octanol–water partition coefficient (Wildman–Crippen LogP) is 4.99. The molecule has 10 heteroatoms. The zero-order chi connectivity index (χ0) is 21.9. The van der Waals surface area contributed by atoms with Gasteiger partial charge in [-0.05, 0) is 42.5 Å². The van der Waals surface area contributed by atoms with Crippen LogP contribution in [0.15, 0.2) is 59.5 Å². The second kappa shape index (κ2) is 9.09. The van der Waals surface area contributed by atoms with Crippen molar-refractivity contribution in [2.75, 3.05) is 12.8 Å². The van der Waals surface area contributed by atoms with E-state index in [1.54, 1.807) is 0 Å². The second-order valence-electron chi connectivity index (χ2n) is 6.17. The van der Waals surface area contributed by atoms with Crippen molar-refractivity contribution in [3.8, 4) is 17.2 Å². The molecule has 0 aliphatic rings. The molecule has 3 N–H and O–H groups in total. The molecule has 3 aromatic rings. The first-order valence-electron chi connectivity index (χ1n) is 8.54. The van der Waals surface area contributed by atoms with E-state index in [1.807, 2.05) is 0 Å². The zero-order valence-corrected chi connectivity index (χ0v) is 18.0. The van der Waals surface area contributed by atoms with E-state index in [0.717, 1.165) is 0 Å². The van der Waals surface area contributed by atoms with Crippen molar-refractivity contribution >= 4 is 38.9 Å². The second-order valence-corrected chi connectivity index (χ2v) is 8.78. The number of methoxy groups -OCH3 is 1. The lowest BCUT2D eigenvalue weighted by Gasteiger charge is -2.13. The number of nitrogens with two attached hydrogens (primary N) is 1. The Balaban J connectivity index is 1.82. The van der Waals surface area contributed by atoms with E-state index in [-0.39, 0.29) is 33.5 Å². The van der Waals surface area contributed by atoms with Crippen LogP contribution in [0.3, 0.4) is 0 Å². The summed E-state index contributed by atoms with van der Waals surface area (Å²) in [7, 11) is -2.40. The average molecular weight is 471 g/mol. The van der Waals surface area contributed by atoms with E-state index in [1.165, 1.54) is 61.7 Å². The highest BCUT2D eigenvalue weighted by Crippen LogP contribution is 2.35. The molecular weight excluding hydrogens is 454 g/mol. The van der Waals surface area contributed by atoms with E-state index in [9.17, 15) is 12.8 Å². The van der Waals surface area contributed by atoms with E-state index in [0.29, 0.717) is 16.5 Å². The Bertz CT molecular complexity index is 1150. The van der Waals surface area contributed by atoms with Gasteiger partial charge in [-0.2, -0.15) is 0 Å². The zero-order valence-electron chi connectivity index (χ0n) is 15.7. The minimum atomic E-state index is -3.87. The predicted molar refractivity (Wildman–Crippen MR) is 114 cm³/mol. The maximum absolute atomic E-state index is 15.0. The molecular formula is C20H17Cl2FN2O4S. The van der Waals surface area contributed by atoms with Crippen LogP contribution in [-0.4, -0.2) is 15.5 Å². The van der Waals surface area contributed by atoms with Gasteiger partial charge in [0.2, 0.25) is 10.0 Å². The molecule has 0 bridgehead atoms. The summed E-state index contributed by atoms with van der Waals surface area (Å²) in [5, 5.41) is 0.317. The van der Waals surface area contributed by atoms with Crippen LogP contribution in [0.25, 0.3) is 0 Å². The molecule has 0 saturated heterocycles. The Labute approximate surface area is 183 Å². The van der Waals surface area contributed by atoms with Gasteiger partial charge in [0.1, 0.15) is 11.5 Å². The van der Waals surface area contributed by atoms with Crippen molar-refractivity contribution in [3.63, 3.8) is 0 Å². The number of ether oxygens (including phenoxy) is 2. The summed E-state index contributed by atoms with van der Waals surface area (Å²) in [5.41, 5.74) is 6.09. The highest BCUT2D eigenvalue weighted by molar-refractivity contribution is 7.89. The lowest BCUT2D eigenvalue weighted by molar-refractivity contribution is 0.414. The average Bonchev–Trinajstić information content (AvgIpc) is 2.70. The maximum atomic E-state index is 15.0. The lowest BCUT2D eigenvalue weighted by atomic mass is 10.2. The molecule has 0 fully saturated rings. The van der Waals surface area contributed by atoms with Crippen molar-refractivity contribution in [1.82, 2.24) is 4.72 Å². The molecule has 158 valence electrons. The molecule has 0 spiro atoms. The summed E-state index contributed by atoms with van der Waals surface area (Å²) in [5.74, 6) is -0.365. The third-order valence-electron chi connectivity index (χ3n) is 4.06. The standard InChI is InChI=1S/C20H17Cl2FN2O4S/c1-28-15-3-5-17(6-4-15)30(26,27)25-11-12-2-7-18(22)20(19(12)23)29-16-9-13(21)8-14(24)10-16/h2-10,25H,11,24H2,1H3. The quantitative estimate of drug-likeness (QED) is 0.474. The van der Waals surface area contributed by atoms with E-state index >= 15 is 0 Å². The summed E-state index contributed by atoms with van der Waals surface area (Å²) in [6.45, 7) is -0.314. The number of nitrogens with one attached hydrogen (secondary N) is 1. The van der Waals surface area contributed by atoms with Gasteiger partial charge in [-0.1, -0.05) is 29.3 Å². The molecule has 0 unspecified atom stereocenters. The fourth-order valence-corrected chi connectivity index (χ4v) is 4.00. The third-order valence-corrected chi connectivity index (χ3v) is 6.00. The summed E-state index contributed by atoms with van der Waals surface area (Å²) < 4.78 is 52.8. The summed E-state index contributed by atoms with van der Waals surface area (Å²) in [6.07, 6.45) is 0. The number of benzene rings is 3. The van der Waals surface area contributed by atoms with Gasteiger partial charge < -0.3 is 15.2 Å². The molecule has 3 rings (SSSR count). The van der Waals surface area contributed by atoms with Crippen molar-refractivity contribution in [1.29, 1.82) is 0 Å². The first-order chi connectivity index (χ1) is 14.2. The normalized spacial score (nSPS) is 11.3. The maximum Gasteiger partial charge on any atom is 0.240 e. The van der Waals surface area contributed by atoms with Gasteiger partial charge in [0.15, 0.2) is 11.6 Å². The van der Waals surface area contributed by atoms with Gasteiger partial charge in [0.05, 0.1) is 17.0 Å². The van der Waals surface area contributed by atoms with Gasteiger partial charge in [-0.3, -0.25) is 0 Å². The molecule has 30 heavy (non-hydrogen) atoms. The third kappa shape index (κ3) is 5.14. The summed E-state index contributed by atoms with van der Waals surface area (Å²) in [4.78, 5) is 0.0172. The van der Waals surface area contributed by atoms with Crippen LogP contribution < -0.4 is 19.9 Å². The largest absolute Gasteiger partial charge is 0.497 e. The number of sulfonamides is 1. The number of hydrogen-bond acceptors (Lipinski definition) is 5. The molecule has 0 heterocycles. The molecule has 3 aromatic carbocycles. The number of halogens is 3. The SMILES string of the molecule is COc1ccc(S(=O)(=O)NCc2ccc(Cl)c(Oc3cc(N)cc(Cl)c3)c2F)cc1. The van der Waals surface area contributed by atoms with Crippen LogP contribution in [-0.2, 0) is 16.6 Å². The molecule has 0 saturated carbocycles. The van der Waals surface area contributed by atoms with Crippen molar-refractivity contribution in [3.05, 3.63) is 76.0 Å². The molecule has 0 atom stereocenters. The molecule has 6 nitrogen and oxygen atoms in total. The van der Waals surface area contributed by atoms with Crippen molar-refractivity contribution < 1.29 is 22.3 Å². The Morgan fingerprint density at radius 1 is 1.03 bits per heavy atom. The molecule has 0 amide bonds. The number of rotatable bonds is 7. The van der Waals surface area contributed by atoms with Gasteiger partial charge in [0.25, 0.3) is 0 Å². The van der Waals surface area contributed by atoms with E-state index in [4.69, 9.17) is 38.4 Å². The Hall–Kier alpha value is -2.52. The van der Waals surface area contributed by atoms with E-state index in [2.05, 4.69) is 4.72 Å². The molecule has 0 aromatic heterocycles. The summed E-state index contributed by atoms with van der Waals surface area (Å²) in [6, 6.07) is 13.0. The smallest absolute Gasteiger partial charge is 0.240 e. The lowest BCUT2D eigenvalue weighted by Crippen LogP contribution is -2.23.